The Hall–Kier alpha value is -1.75. The van der Waals surface area contributed by atoms with Gasteiger partial charge in [-0.1, -0.05) is 0 Å². The monoisotopic (exact) mass is 264 g/mol. The highest BCUT2D eigenvalue weighted by Gasteiger charge is 2.17. The van der Waals surface area contributed by atoms with Crippen molar-refractivity contribution in [3.63, 3.8) is 0 Å². The van der Waals surface area contributed by atoms with Crippen LogP contribution in [0.4, 0.5) is 0 Å². The summed E-state index contributed by atoms with van der Waals surface area (Å²) in [5, 5.41) is 0. The molecule has 0 saturated carbocycles. The Morgan fingerprint density at radius 2 is 2.05 bits per heavy atom. The van der Waals surface area contributed by atoms with Crippen molar-refractivity contribution < 1.29 is 14.3 Å². The molecule has 1 aliphatic rings. The third-order valence-electron chi connectivity index (χ3n) is 3.06. The lowest BCUT2D eigenvalue weighted by atomic mass is 10.1. The van der Waals surface area contributed by atoms with Crippen LogP contribution in [0.2, 0.25) is 0 Å². The first-order chi connectivity index (χ1) is 9.08. The average Bonchev–Trinajstić information content (AvgIpc) is 2.43. The summed E-state index contributed by atoms with van der Waals surface area (Å²) in [7, 11) is 1.78. The number of nitrogens with two attached hydrogens (primary N) is 1. The second kappa shape index (κ2) is 5.93. The van der Waals surface area contributed by atoms with Crippen molar-refractivity contribution in [2.75, 3.05) is 26.8 Å². The van der Waals surface area contributed by atoms with E-state index >= 15 is 0 Å². The van der Waals surface area contributed by atoms with Gasteiger partial charge in [0.25, 0.3) is 5.91 Å². The normalized spacial score (nSPS) is 14.9. The molecule has 0 saturated heterocycles. The van der Waals surface area contributed by atoms with E-state index in [4.69, 9.17) is 15.2 Å². The Bertz CT molecular complexity index is 460. The summed E-state index contributed by atoms with van der Waals surface area (Å²) in [5.41, 5.74) is 6.30. The van der Waals surface area contributed by atoms with Crippen molar-refractivity contribution in [1.82, 2.24) is 4.90 Å². The van der Waals surface area contributed by atoms with Gasteiger partial charge in [-0.25, -0.2) is 0 Å². The highest BCUT2D eigenvalue weighted by atomic mass is 16.6. The summed E-state index contributed by atoms with van der Waals surface area (Å²) < 4.78 is 10.9. The zero-order chi connectivity index (χ0) is 13.8. The Morgan fingerprint density at radius 1 is 1.37 bits per heavy atom. The quantitative estimate of drug-likeness (QED) is 0.889. The van der Waals surface area contributed by atoms with E-state index in [2.05, 4.69) is 0 Å². The fourth-order valence-electron chi connectivity index (χ4n) is 1.90. The molecule has 1 unspecified atom stereocenters. The highest BCUT2D eigenvalue weighted by molar-refractivity contribution is 5.94. The predicted octanol–water partition coefficient (Wildman–Crippen LogP) is 1.27. The minimum absolute atomic E-state index is 0.0300. The van der Waals surface area contributed by atoms with Crippen LogP contribution >= 0.6 is 0 Å². The predicted molar refractivity (Wildman–Crippen MR) is 72.7 cm³/mol. The molecule has 5 heteroatoms. The van der Waals surface area contributed by atoms with Crippen molar-refractivity contribution in [2.24, 2.45) is 5.73 Å². The molecule has 1 aromatic rings. The van der Waals surface area contributed by atoms with Crippen molar-refractivity contribution in [3.05, 3.63) is 23.8 Å². The molecular formula is C14H20N2O3. The molecule has 1 aliphatic heterocycles. The zero-order valence-electron chi connectivity index (χ0n) is 11.4. The molecule has 2 rings (SSSR count). The Kier molecular flexibility index (Phi) is 4.27. The number of rotatable bonds is 4. The summed E-state index contributed by atoms with van der Waals surface area (Å²) >= 11 is 0. The second-order valence-electron chi connectivity index (χ2n) is 4.85. The zero-order valence-corrected chi connectivity index (χ0v) is 11.4. The molecule has 1 heterocycles. The van der Waals surface area contributed by atoms with Crippen LogP contribution in [-0.4, -0.2) is 43.7 Å². The first-order valence-electron chi connectivity index (χ1n) is 6.48. The fourth-order valence-corrected chi connectivity index (χ4v) is 1.90. The maximum absolute atomic E-state index is 12.2. The van der Waals surface area contributed by atoms with Crippen LogP contribution in [0.3, 0.4) is 0 Å². The molecule has 0 bridgehead atoms. The topological polar surface area (TPSA) is 64.8 Å². The maximum Gasteiger partial charge on any atom is 0.253 e. The summed E-state index contributed by atoms with van der Waals surface area (Å²) in [6.45, 7) is 3.65. The Morgan fingerprint density at radius 3 is 2.74 bits per heavy atom. The van der Waals surface area contributed by atoms with E-state index in [1.807, 2.05) is 6.92 Å². The van der Waals surface area contributed by atoms with Gasteiger partial charge in [-0.05, 0) is 31.5 Å². The largest absolute Gasteiger partial charge is 0.486 e. The van der Waals surface area contributed by atoms with Crippen LogP contribution in [0.5, 0.6) is 11.5 Å². The molecule has 0 aromatic heterocycles. The minimum Gasteiger partial charge on any atom is -0.486 e. The number of ether oxygens (including phenoxy) is 2. The molecule has 5 nitrogen and oxygen atoms in total. The SMILES string of the molecule is CC(N)CCN(C)C(=O)c1ccc2c(c1)OCCO2. The third-order valence-corrected chi connectivity index (χ3v) is 3.06. The Balaban J connectivity index is 2.06. The van der Waals surface area contributed by atoms with E-state index in [0.717, 1.165) is 6.42 Å². The van der Waals surface area contributed by atoms with E-state index in [9.17, 15) is 4.79 Å². The van der Waals surface area contributed by atoms with Crippen LogP contribution in [-0.2, 0) is 0 Å². The molecule has 0 fully saturated rings. The van der Waals surface area contributed by atoms with E-state index in [0.29, 0.717) is 36.8 Å². The van der Waals surface area contributed by atoms with Gasteiger partial charge in [0.1, 0.15) is 13.2 Å². The van der Waals surface area contributed by atoms with Crippen LogP contribution in [0.1, 0.15) is 23.7 Å². The molecule has 2 N–H and O–H groups in total. The van der Waals surface area contributed by atoms with E-state index < -0.39 is 0 Å². The summed E-state index contributed by atoms with van der Waals surface area (Å²) in [6.07, 6.45) is 0.785. The van der Waals surface area contributed by atoms with E-state index in [1.54, 1.807) is 30.1 Å². The molecular weight excluding hydrogens is 244 g/mol. The highest BCUT2D eigenvalue weighted by Crippen LogP contribution is 2.31. The molecule has 1 amide bonds. The minimum atomic E-state index is -0.0300. The molecule has 1 aromatic carbocycles. The number of hydrogen-bond donors (Lipinski definition) is 1. The second-order valence-corrected chi connectivity index (χ2v) is 4.85. The number of amides is 1. The van der Waals surface area contributed by atoms with Crippen molar-refractivity contribution in [2.45, 2.75) is 19.4 Å². The number of nitrogens with zero attached hydrogens (tertiary/aromatic N) is 1. The lowest BCUT2D eigenvalue weighted by Crippen LogP contribution is -2.31. The smallest absolute Gasteiger partial charge is 0.253 e. The summed E-state index contributed by atoms with van der Waals surface area (Å²) in [6, 6.07) is 5.37. The maximum atomic E-state index is 12.2. The van der Waals surface area contributed by atoms with Gasteiger partial charge < -0.3 is 20.1 Å². The fraction of sp³-hybridized carbons (Fsp3) is 0.500. The molecule has 1 atom stereocenters. The number of benzene rings is 1. The number of fused-ring (bicyclic) bond motifs is 1. The van der Waals surface area contributed by atoms with Crippen LogP contribution in [0.15, 0.2) is 18.2 Å². The lowest BCUT2D eigenvalue weighted by molar-refractivity contribution is 0.0790. The molecule has 0 radical (unpaired) electrons. The molecule has 104 valence electrons. The average molecular weight is 264 g/mol. The lowest BCUT2D eigenvalue weighted by Gasteiger charge is -2.21. The molecule has 19 heavy (non-hydrogen) atoms. The van der Waals surface area contributed by atoms with Gasteiger partial charge in [0.2, 0.25) is 0 Å². The van der Waals surface area contributed by atoms with Gasteiger partial charge in [0, 0.05) is 25.2 Å². The van der Waals surface area contributed by atoms with Gasteiger partial charge in [0.05, 0.1) is 0 Å². The number of hydrogen-bond acceptors (Lipinski definition) is 4. The summed E-state index contributed by atoms with van der Waals surface area (Å²) in [5.74, 6) is 1.30. The van der Waals surface area contributed by atoms with Crippen molar-refractivity contribution in [3.8, 4) is 11.5 Å². The summed E-state index contributed by atoms with van der Waals surface area (Å²) in [4.78, 5) is 13.9. The van der Waals surface area contributed by atoms with Crippen LogP contribution in [0.25, 0.3) is 0 Å². The van der Waals surface area contributed by atoms with Gasteiger partial charge in [-0.3, -0.25) is 4.79 Å². The van der Waals surface area contributed by atoms with E-state index in [1.165, 1.54) is 0 Å². The standard InChI is InChI=1S/C14H20N2O3/c1-10(15)5-6-16(2)14(17)11-3-4-12-13(9-11)19-8-7-18-12/h3-4,9-10H,5-8,15H2,1-2H3. The number of carbonyl (C=O) groups is 1. The van der Waals surface area contributed by atoms with Crippen LogP contribution < -0.4 is 15.2 Å². The van der Waals surface area contributed by atoms with E-state index in [-0.39, 0.29) is 11.9 Å². The van der Waals surface area contributed by atoms with Crippen LogP contribution in [0, 0.1) is 0 Å². The van der Waals surface area contributed by atoms with Crippen molar-refractivity contribution in [1.29, 1.82) is 0 Å². The van der Waals surface area contributed by atoms with Crippen molar-refractivity contribution >= 4 is 5.91 Å². The molecule has 0 aliphatic carbocycles. The third kappa shape index (κ3) is 3.38. The van der Waals surface area contributed by atoms with Gasteiger partial charge in [-0.15, -0.1) is 0 Å². The van der Waals surface area contributed by atoms with Gasteiger partial charge in [0.15, 0.2) is 11.5 Å². The Labute approximate surface area is 113 Å². The van der Waals surface area contributed by atoms with Gasteiger partial charge in [-0.2, -0.15) is 0 Å². The first-order valence-corrected chi connectivity index (χ1v) is 6.48. The van der Waals surface area contributed by atoms with Gasteiger partial charge >= 0.3 is 0 Å². The number of carbonyl (C=O) groups excluding carboxylic acids is 1. The first kappa shape index (κ1) is 13.7. The molecule has 0 spiro atoms.